The number of hydrogen-bond donors (Lipinski definition) is 2. The number of thiocarbonyl (C=S) groups is 1. The lowest BCUT2D eigenvalue weighted by molar-refractivity contribution is 0.617. The Morgan fingerprint density at radius 1 is 0.867 bits per heavy atom. The third-order valence-corrected chi connectivity index (χ3v) is 6.75. The summed E-state index contributed by atoms with van der Waals surface area (Å²) < 4.78 is 13.6. The molecule has 0 radical (unpaired) electrons. The van der Waals surface area contributed by atoms with Crippen LogP contribution in [0, 0.1) is 5.82 Å². The van der Waals surface area contributed by atoms with Gasteiger partial charge in [-0.1, -0.05) is 48.5 Å². The van der Waals surface area contributed by atoms with E-state index < -0.39 is 0 Å². The standard InChI is InChI=1S/C24H25FN2S3/c25-23-10-5-4-7-20(23)18-29-16-6-15-26-24(28)27-21-13-11-19(12-14-21)17-30-22-8-2-1-3-9-22/h1-5,7-14H,6,15-18H2,(H2,26,27,28). The van der Waals surface area contributed by atoms with E-state index in [1.165, 1.54) is 16.5 Å². The van der Waals surface area contributed by atoms with Crippen molar-refractivity contribution >= 4 is 46.5 Å². The summed E-state index contributed by atoms with van der Waals surface area (Å²) in [7, 11) is 0. The van der Waals surface area contributed by atoms with Crippen LogP contribution in [0.2, 0.25) is 0 Å². The Morgan fingerprint density at radius 2 is 1.60 bits per heavy atom. The van der Waals surface area contributed by atoms with Gasteiger partial charge in [0.15, 0.2) is 5.11 Å². The number of benzene rings is 3. The highest BCUT2D eigenvalue weighted by Gasteiger charge is 2.02. The van der Waals surface area contributed by atoms with Crippen LogP contribution in [0.15, 0.2) is 83.8 Å². The highest BCUT2D eigenvalue weighted by Crippen LogP contribution is 2.23. The van der Waals surface area contributed by atoms with Gasteiger partial charge in [0, 0.05) is 28.6 Å². The van der Waals surface area contributed by atoms with Gasteiger partial charge in [0.2, 0.25) is 0 Å². The van der Waals surface area contributed by atoms with Crippen LogP contribution in [0.5, 0.6) is 0 Å². The maximum Gasteiger partial charge on any atom is 0.170 e. The van der Waals surface area contributed by atoms with Crippen LogP contribution in [-0.4, -0.2) is 17.4 Å². The van der Waals surface area contributed by atoms with Crippen LogP contribution in [-0.2, 0) is 11.5 Å². The van der Waals surface area contributed by atoms with Crippen molar-refractivity contribution in [2.45, 2.75) is 22.8 Å². The smallest absolute Gasteiger partial charge is 0.170 e. The Labute approximate surface area is 192 Å². The van der Waals surface area contributed by atoms with E-state index in [-0.39, 0.29) is 5.82 Å². The highest BCUT2D eigenvalue weighted by molar-refractivity contribution is 7.98. The predicted molar refractivity (Wildman–Crippen MR) is 134 cm³/mol. The maximum absolute atomic E-state index is 13.6. The van der Waals surface area contributed by atoms with E-state index in [4.69, 9.17) is 12.2 Å². The molecule has 0 fully saturated rings. The van der Waals surface area contributed by atoms with Gasteiger partial charge in [-0.3, -0.25) is 0 Å². The molecule has 0 aliphatic rings. The van der Waals surface area contributed by atoms with E-state index in [1.807, 2.05) is 30.0 Å². The summed E-state index contributed by atoms with van der Waals surface area (Å²) in [5.41, 5.74) is 3.02. The topological polar surface area (TPSA) is 24.1 Å². The van der Waals surface area contributed by atoms with Crippen molar-refractivity contribution in [1.29, 1.82) is 0 Å². The SMILES string of the molecule is Fc1ccccc1CSCCCNC(=S)Nc1ccc(CSc2ccccc2)cc1. The molecular formula is C24H25FN2S3. The number of halogens is 1. The lowest BCUT2D eigenvalue weighted by atomic mass is 10.2. The fourth-order valence-corrected chi connectivity index (χ4v) is 4.76. The average Bonchev–Trinajstić information content (AvgIpc) is 2.77. The van der Waals surface area contributed by atoms with Crippen LogP contribution in [0.4, 0.5) is 10.1 Å². The van der Waals surface area contributed by atoms with Gasteiger partial charge < -0.3 is 10.6 Å². The molecule has 3 rings (SSSR count). The summed E-state index contributed by atoms with van der Waals surface area (Å²) in [6.07, 6.45) is 0.969. The van der Waals surface area contributed by atoms with Crippen molar-refractivity contribution in [2.75, 3.05) is 17.6 Å². The average molecular weight is 457 g/mol. The second-order valence-corrected chi connectivity index (χ2v) is 9.24. The van der Waals surface area contributed by atoms with Crippen molar-refractivity contribution < 1.29 is 4.39 Å². The van der Waals surface area contributed by atoms with E-state index in [9.17, 15) is 4.39 Å². The molecule has 2 nitrogen and oxygen atoms in total. The molecule has 6 heteroatoms. The van der Waals surface area contributed by atoms with Crippen LogP contribution >= 0.6 is 35.7 Å². The second-order valence-electron chi connectivity index (χ2n) is 6.68. The second kappa shape index (κ2) is 12.6. The number of rotatable bonds is 10. The fourth-order valence-electron chi connectivity index (χ4n) is 2.72. The first-order valence-electron chi connectivity index (χ1n) is 9.83. The van der Waals surface area contributed by atoms with Gasteiger partial charge in [-0.25, -0.2) is 4.39 Å². The Morgan fingerprint density at radius 3 is 2.37 bits per heavy atom. The fraction of sp³-hybridized carbons (Fsp3) is 0.208. The molecule has 0 atom stereocenters. The lowest BCUT2D eigenvalue weighted by Crippen LogP contribution is -2.29. The molecule has 2 N–H and O–H groups in total. The van der Waals surface area contributed by atoms with Crippen LogP contribution < -0.4 is 10.6 Å². The molecule has 3 aromatic carbocycles. The Hall–Kier alpha value is -2.02. The van der Waals surface area contributed by atoms with Gasteiger partial charge in [-0.05, 0) is 65.9 Å². The predicted octanol–water partition coefficient (Wildman–Crippen LogP) is 6.73. The molecule has 0 spiro atoms. The minimum atomic E-state index is -0.127. The van der Waals surface area contributed by atoms with Gasteiger partial charge in [0.25, 0.3) is 0 Å². The summed E-state index contributed by atoms with van der Waals surface area (Å²) >= 11 is 8.94. The van der Waals surface area contributed by atoms with Crippen LogP contribution in [0.1, 0.15) is 17.5 Å². The minimum absolute atomic E-state index is 0.127. The molecule has 156 valence electrons. The summed E-state index contributed by atoms with van der Waals surface area (Å²) in [5, 5.41) is 7.08. The summed E-state index contributed by atoms with van der Waals surface area (Å²) in [6, 6.07) is 25.7. The van der Waals surface area contributed by atoms with Crippen molar-refractivity contribution in [3.05, 3.63) is 95.8 Å². The zero-order valence-electron chi connectivity index (χ0n) is 16.6. The molecule has 0 aliphatic carbocycles. The highest BCUT2D eigenvalue weighted by atomic mass is 32.2. The summed E-state index contributed by atoms with van der Waals surface area (Å²) in [5.74, 6) is 2.47. The zero-order chi connectivity index (χ0) is 21.0. The molecule has 0 saturated carbocycles. The van der Waals surface area contributed by atoms with Crippen LogP contribution in [0.25, 0.3) is 0 Å². The summed E-state index contributed by atoms with van der Waals surface area (Å²) in [6.45, 7) is 0.794. The van der Waals surface area contributed by atoms with Gasteiger partial charge in [0.1, 0.15) is 5.82 Å². The van der Waals surface area contributed by atoms with Gasteiger partial charge in [0.05, 0.1) is 0 Å². The molecule has 0 aromatic heterocycles. The van der Waals surface area contributed by atoms with Crippen molar-refractivity contribution in [2.24, 2.45) is 0 Å². The third-order valence-electron chi connectivity index (χ3n) is 4.33. The van der Waals surface area contributed by atoms with E-state index in [1.54, 1.807) is 17.8 Å². The Bertz CT molecular complexity index is 917. The number of hydrogen-bond acceptors (Lipinski definition) is 3. The number of nitrogens with one attached hydrogen (secondary N) is 2. The van der Waals surface area contributed by atoms with Gasteiger partial charge in [-0.15, -0.1) is 11.8 Å². The number of anilines is 1. The Balaban J connectivity index is 1.29. The normalized spacial score (nSPS) is 10.6. The Kier molecular flexibility index (Phi) is 9.54. The molecule has 30 heavy (non-hydrogen) atoms. The maximum atomic E-state index is 13.6. The van der Waals surface area contributed by atoms with Crippen LogP contribution in [0.3, 0.4) is 0 Å². The number of thioether (sulfide) groups is 2. The molecule has 0 heterocycles. The lowest BCUT2D eigenvalue weighted by Gasteiger charge is -2.11. The molecule has 0 bridgehead atoms. The largest absolute Gasteiger partial charge is 0.362 e. The van der Waals surface area contributed by atoms with Crippen molar-refractivity contribution in [3.8, 4) is 0 Å². The molecule has 0 unspecified atom stereocenters. The van der Waals surface area contributed by atoms with E-state index in [0.29, 0.717) is 10.9 Å². The van der Waals surface area contributed by atoms with E-state index in [2.05, 4.69) is 59.2 Å². The zero-order valence-corrected chi connectivity index (χ0v) is 19.1. The van der Waals surface area contributed by atoms with E-state index in [0.717, 1.165) is 35.7 Å². The van der Waals surface area contributed by atoms with Gasteiger partial charge >= 0.3 is 0 Å². The third kappa shape index (κ3) is 8.01. The quantitative estimate of drug-likeness (QED) is 0.200. The summed E-state index contributed by atoms with van der Waals surface area (Å²) in [4.78, 5) is 1.28. The minimum Gasteiger partial charge on any atom is -0.362 e. The molecule has 0 saturated heterocycles. The molecule has 0 aliphatic heterocycles. The molecule has 0 amide bonds. The monoisotopic (exact) mass is 456 g/mol. The molecule has 3 aromatic rings. The first-order chi connectivity index (χ1) is 14.7. The first-order valence-corrected chi connectivity index (χ1v) is 12.4. The van der Waals surface area contributed by atoms with Crippen molar-refractivity contribution in [3.63, 3.8) is 0 Å². The first kappa shape index (κ1) is 22.7. The van der Waals surface area contributed by atoms with Gasteiger partial charge in [-0.2, -0.15) is 11.8 Å². The molecular weight excluding hydrogens is 431 g/mol. The van der Waals surface area contributed by atoms with Crippen molar-refractivity contribution in [1.82, 2.24) is 5.32 Å². The van der Waals surface area contributed by atoms with E-state index >= 15 is 0 Å².